The molecule has 0 aliphatic heterocycles. The van der Waals surface area contributed by atoms with E-state index in [0.29, 0.717) is 11.3 Å². The molecule has 0 aliphatic carbocycles. The quantitative estimate of drug-likeness (QED) is 0.448. The Morgan fingerprint density at radius 1 is 1.29 bits per heavy atom. The van der Waals surface area contributed by atoms with Crippen LogP contribution in [0.4, 0.5) is 11.5 Å². The number of hydrogen-bond acceptors (Lipinski definition) is 9. The van der Waals surface area contributed by atoms with Crippen LogP contribution in [0.5, 0.6) is 0 Å². The van der Waals surface area contributed by atoms with Crippen molar-refractivity contribution in [3.63, 3.8) is 0 Å². The molecule has 1 aromatic carbocycles. The molecule has 0 spiro atoms. The minimum absolute atomic E-state index is 0.0104. The Balaban J connectivity index is 1.64. The number of nitriles is 1. The number of nitrogens with zero attached hydrogens (tertiary/aromatic N) is 3. The zero-order valence-corrected chi connectivity index (χ0v) is 16.6. The van der Waals surface area contributed by atoms with Gasteiger partial charge in [-0.2, -0.15) is 5.26 Å². The maximum Gasteiger partial charge on any atom is 0.234 e. The average Bonchev–Trinajstić information content (AvgIpc) is 3.22. The average molecular weight is 432 g/mol. The first kappa shape index (κ1) is 19.8. The van der Waals surface area contributed by atoms with Crippen LogP contribution < -0.4 is 11.1 Å². The van der Waals surface area contributed by atoms with Gasteiger partial charge in [-0.3, -0.25) is 4.79 Å². The van der Waals surface area contributed by atoms with Crippen molar-refractivity contribution in [3.8, 4) is 6.07 Å². The zero-order valence-electron chi connectivity index (χ0n) is 14.2. The summed E-state index contributed by atoms with van der Waals surface area (Å²) in [5.41, 5.74) is 6.86. The van der Waals surface area contributed by atoms with Crippen LogP contribution in [0.3, 0.4) is 0 Å². The summed E-state index contributed by atoms with van der Waals surface area (Å²) >= 11 is 2.11. The van der Waals surface area contributed by atoms with Crippen molar-refractivity contribution in [3.05, 3.63) is 53.5 Å². The summed E-state index contributed by atoms with van der Waals surface area (Å²) in [6.07, 6.45) is 1.15. The van der Waals surface area contributed by atoms with E-state index in [0.717, 1.165) is 29.3 Å². The van der Waals surface area contributed by atoms with Crippen molar-refractivity contribution < 1.29 is 13.2 Å². The highest BCUT2D eigenvalue weighted by Gasteiger charge is 2.23. The van der Waals surface area contributed by atoms with E-state index in [1.165, 1.54) is 6.07 Å². The number of nitrogens with one attached hydrogen (secondary N) is 1. The molecule has 11 heteroatoms. The van der Waals surface area contributed by atoms with Crippen molar-refractivity contribution >= 4 is 50.3 Å². The topological polar surface area (TPSA) is 139 Å². The second-order valence-corrected chi connectivity index (χ2v) is 9.40. The summed E-state index contributed by atoms with van der Waals surface area (Å²) in [6.45, 7) is 0. The summed E-state index contributed by atoms with van der Waals surface area (Å²) < 4.78 is 25.2. The number of carbonyl (C=O) groups excluding carboxylic acids is 1. The van der Waals surface area contributed by atoms with Crippen molar-refractivity contribution in [1.82, 2.24) is 9.97 Å². The standard InChI is InChI=1S/C17H13N5O3S3/c18-8-11-3-5-12(6-4-11)21-14(23)10-27-17-20-9-13(16(19)22-17)28(24,25)15-2-1-7-26-15/h1-7,9H,10H2,(H,21,23)(H2,19,20,22). The van der Waals surface area contributed by atoms with Gasteiger partial charge in [0.05, 0.1) is 23.6 Å². The Labute approximate surface area is 169 Å². The fourth-order valence-electron chi connectivity index (χ4n) is 2.12. The summed E-state index contributed by atoms with van der Waals surface area (Å²) in [4.78, 5) is 19.9. The molecule has 0 saturated carbocycles. The van der Waals surface area contributed by atoms with Gasteiger partial charge in [-0.25, -0.2) is 18.4 Å². The number of thioether (sulfide) groups is 1. The van der Waals surface area contributed by atoms with Gasteiger partial charge in [-0.15, -0.1) is 11.3 Å². The van der Waals surface area contributed by atoms with E-state index >= 15 is 0 Å². The highest BCUT2D eigenvalue weighted by atomic mass is 32.2. The Morgan fingerprint density at radius 2 is 2.04 bits per heavy atom. The molecule has 0 bridgehead atoms. The van der Waals surface area contributed by atoms with E-state index in [2.05, 4.69) is 15.3 Å². The predicted octanol–water partition coefficient (Wildman–Crippen LogP) is 2.56. The number of amides is 1. The van der Waals surface area contributed by atoms with Crippen LogP contribution in [0.2, 0.25) is 0 Å². The van der Waals surface area contributed by atoms with Crippen LogP contribution >= 0.6 is 23.1 Å². The third-order valence-electron chi connectivity index (χ3n) is 3.44. The molecule has 0 radical (unpaired) electrons. The van der Waals surface area contributed by atoms with E-state index in [1.807, 2.05) is 6.07 Å². The first-order chi connectivity index (χ1) is 13.4. The van der Waals surface area contributed by atoms with Gasteiger partial charge in [-0.05, 0) is 35.7 Å². The van der Waals surface area contributed by atoms with Gasteiger partial charge in [0.2, 0.25) is 15.7 Å². The third-order valence-corrected chi connectivity index (χ3v) is 7.47. The number of nitrogens with two attached hydrogens (primary N) is 1. The largest absolute Gasteiger partial charge is 0.382 e. The van der Waals surface area contributed by atoms with Gasteiger partial charge < -0.3 is 11.1 Å². The summed E-state index contributed by atoms with van der Waals surface area (Å²) in [7, 11) is -3.76. The van der Waals surface area contributed by atoms with Gasteiger partial charge in [0.25, 0.3) is 0 Å². The monoisotopic (exact) mass is 431 g/mol. The predicted molar refractivity (Wildman–Crippen MR) is 107 cm³/mol. The lowest BCUT2D eigenvalue weighted by molar-refractivity contribution is -0.113. The molecule has 2 aromatic heterocycles. The number of benzene rings is 1. The van der Waals surface area contributed by atoms with Gasteiger partial charge in [0.1, 0.15) is 14.9 Å². The van der Waals surface area contributed by atoms with Crippen molar-refractivity contribution in [2.75, 3.05) is 16.8 Å². The summed E-state index contributed by atoms with van der Waals surface area (Å²) in [6, 6.07) is 11.6. The lowest BCUT2D eigenvalue weighted by Gasteiger charge is -2.07. The minimum Gasteiger partial charge on any atom is -0.382 e. The Bertz CT molecular complexity index is 1140. The van der Waals surface area contributed by atoms with E-state index in [1.54, 1.807) is 35.7 Å². The lowest BCUT2D eigenvalue weighted by atomic mass is 10.2. The third kappa shape index (κ3) is 4.48. The number of sulfone groups is 1. The van der Waals surface area contributed by atoms with Crippen LogP contribution in [0.1, 0.15) is 5.56 Å². The molecule has 28 heavy (non-hydrogen) atoms. The van der Waals surface area contributed by atoms with Crippen LogP contribution in [0, 0.1) is 11.3 Å². The molecule has 2 heterocycles. The number of nitrogen functional groups attached to an aromatic ring is 1. The fraction of sp³-hybridized carbons (Fsp3) is 0.0588. The second kappa shape index (κ2) is 8.39. The molecule has 3 aromatic rings. The molecular weight excluding hydrogens is 418 g/mol. The smallest absolute Gasteiger partial charge is 0.234 e. The molecule has 0 aliphatic rings. The first-order valence-electron chi connectivity index (χ1n) is 7.74. The Hall–Kier alpha value is -2.94. The van der Waals surface area contributed by atoms with E-state index in [9.17, 15) is 13.2 Å². The molecule has 0 unspecified atom stereocenters. The maximum atomic E-state index is 12.5. The number of hydrogen-bond donors (Lipinski definition) is 2. The second-order valence-electron chi connectivity index (χ2n) is 5.36. The van der Waals surface area contributed by atoms with Crippen LogP contribution in [0.25, 0.3) is 0 Å². The molecule has 1 amide bonds. The fourth-order valence-corrected chi connectivity index (χ4v) is 5.12. The first-order valence-corrected chi connectivity index (χ1v) is 11.1. The normalized spacial score (nSPS) is 11.0. The van der Waals surface area contributed by atoms with Gasteiger partial charge >= 0.3 is 0 Å². The number of aromatic nitrogens is 2. The van der Waals surface area contributed by atoms with E-state index < -0.39 is 9.84 Å². The molecule has 3 N–H and O–H groups in total. The van der Waals surface area contributed by atoms with Gasteiger partial charge in [0.15, 0.2) is 5.16 Å². The number of thiophene rings is 1. The number of anilines is 2. The van der Waals surface area contributed by atoms with Crippen LogP contribution in [-0.4, -0.2) is 30.0 Å². The number of carbonyl (C=O) groups is 1. The van der Waals surface area contributed by atoms with Gasteiger partial charge in [0, 0.05) is 5.69 Å². The lowest BCUT2D eigenvalue weighted by Crippen LogP contribution is -2.14. The molecule has 0 fully saturated rings. The number of rotatable bonds is 6. The highest BCUT2D eigenvalue weighted by Crippen LogP contribution is 2.28. The molecule has 3 rings (SSSR count). The molecular formula is C17H13N5O3S3. The van der Waals surface area contributed by atoms with Gasteiger partial charge in [-0.1, -0.05) is 17.8 Å². The molecule has 0 saturated heterocycles. The van der Waals surface area contributed by atoms with E-state index in [4.69, 9.17) is 11.0 Å². The molecule has 8 nitrogen and oxygen atoms in total. The van der Waals surface area contributed by atoms with Crippen molar-refractivity contribution in [2.24, 2.45) is 0 Å². The SMILES string of the molecule is N#Cc1ccc(NC(=O)CSc2ncc(S(=O)(=O)c3cccs3)c(N)n2)cc1. The highest BCUT2D eigenvalue weighted by molar-refractivity contribution is 7.99. The van der Waals surface area contributed by atoms with Crippen molar-refractivity contribution in [2.45, 2.75) is 14.3 Å². The summed E-state index contributed by atoms with van der Waals surface area (Å²) in [5, 5.41) is 13.3. The Kier molecular flexibility index (Phi) is 5.93. The summed E-state index contributed by atoms with van der Waals surface area (Å²) in [5.74, 6) is -0.457. The van der Waals surface area contributed by atoms with Crippen molar-refractivity contribution in [1.29, 1.82) is 5.26 Å². The molecule has 142 valence electrons. The van der Waals surface area contributed by atoms with Crippen LogP contribution in [-0.2, 0) is 14.6 Å². The molecule has 0 atom stereocenters. The maximum absolute atomic E-state index is 12.5. The zero-order chi connectivity index (χ0) is 20.1. The Morgan fingerprint density at radius 3 is 2.64 bits per heavy atom. The van der Waals surface area contributed by atoms with E-state index in [-0.39, 0.29) is 31.7 Å². The minimum atomic E-state index is -3.76. The van der Waals surface area contributed by atoms with Crippen LogP contribution in [0.15, 0.2) is 62.2 Å².